The monoisotopic (exact) mass is 542 g/mol. The van der Waals surface area contributed by atoms with E-state index in [1.807, 2.05) is 24.3 Å². The molecule has 0 aromatic heterocycles. The van der Waals surface area contributed by atoms with Crippen molar-refractivity contribution < 1.29 is 18.9 Å². The van der Waals surface area contributed by atoms with E-state index < -0.39 is 0 Å². The predicted octanol–water partition coefficient (Wildman–Crippen LogP) is 10.3. The SMILES string of the molecule is C=CCCCCC/C=C/c1c(OCOC)ccc2cc3c(/C=C/CCCCCC=C)c(OCOC)ccc3cc12. The first kappa shape index (κ1) is 31.2. The van der Waals surface area contributed by atoms with Gasteiger partial charge in [-0.3, -0.25) is 0 Å². The van der Waals surface area contributed by atoms with Crippen molar-refractivity contribution >= 4 is 33.7 Å². The molecule has 0 aliphatic carbocycles. The van der Waals surface area contributed by atoms with Gasteiger partial charge < -0.3 is 18.9 Å². The Bertz CT molecular complexity index is 1170. The zero-order valence-corrected chi connectivity index (χ0v) is 24.5. The number of benzene rings is 3. The number of unbranched alkanes of at least 4 members (excludes halogenated alkanes) is 8. The molecule has 0 N–H and O–H groups in total. The minimum atomic E-state index is 0.213. The van der Waals surface area contributed by atoms with Gasteiger partial charge in [0.1, 0.15) is 11.5 Å². The summed E-state index contributed by atoms with van der Waals surface area (Å²) in [6.45, 7) is 8.06. The van der Waals surface area contributed by atoms with Crippen molar-refractivity contribution in [2.75, 3.05) is 27.8 Å². The maximum absolute atomic E-state index is 5.97. The molecule has 0 atom stereocenters. The van der Waals surface area contributed by atoms with Crippen LogP contribution in [-0.2, 0) is 9.47 Å². The maximum atomic E-state index is 5.97. The summed E-state index contributed by atoms with van der Waals surface area (Å²) in [6.07, 6.45) is 24.3. The van der Waals surface area contributed by atoms with Crippen molar-refractivity contribution in [1.82, 2.24) is 0 Å². The Morgan fingerprint density at radius 2 is 1.00 bits per heavy atom. The third-order valence-electron chi connectivity index (χ3n) is 6.95. The molecule has 4 heteroatoms. The number of ether oxygens (including phenoxy) is 4. The van der Waals surface area contributed by atoms with Crippen LogP contribution >= 0.6 is 0 Å². The van der Waals surface area contributed by atoms with Crippen molar-refractivity contribution in [1.29, 1.82) is 0 Å². The highest BCUT2D eigenvalue weighted by Gasteiger charge is 2.12. The third kappa shape index (κ3) is 9.39. The number of fused-ring (bicyclic) bond motifs is 2. The topological polar surface area (TPSA) is 36.9 Å². The van der Waals surface area contributed by atoms with Gasteiger partial charge in [-0.25, -0.2) is 0 Å². The Labute approximate surface area is 241 Å². The van der Waals surface area contributed by atoms with E-state index in [1.54, 1.807) is 14.2 Å². The van der Waals surface area contributed by atoms with E-state index in [0.717, 1.165) is 69.9 Å². The molecule has 0 aliphatic heterocycles. The second kappa shape index (κ2) is 18.1. The lowest BCUT2D eigenvalue weighted by molar-refractivity contribution is 0.0509. The Hall–Kier alpha value is -3.34. The van der Waals surface area contributed by atoms with E-state index >= 15 is 0 Å². The van der Waals surface area contributed by atoms with Crippen molar-refractivity contribution in [3.63, 3.8) is 0 Å². The van der Waals surface area contributed by atoms with Crippen LogP contribution in [0.4, 0.5) is 0 Å². The molecule has 214 valence electrons. The fourth-order valence-corrected chi connectivity index (χ4v) is 4.85. The Morgan fingerprint density at radius 3 is 1.40 bits per heavy atom. The summed E-state index contributed by atoms with van der Waals surface area (Å²) in [5.74, 6) is 1.65. The normalized spacial score (nSPS) is 11.7. The first-order valence-electron chi connectivity index (χ1n) is 14.5. The van der Waals surface area contributed by atoms with Gasteiger partial charge in [0.2, 0.25) is 0 Å². The van der Waals surface area contributed by atoms with Crippen LogP contribution in [0.1, 0.15) is 75.3 Å². The quantitative estimate of drug-likeness (QED) is 0.0616. The molecule has 3 aromatic rings. The van der Waals surface area contributed by atoms with Gasteiger partial charge in [0, 0.05) is 25.3 Å². The van der Waals surface area contributed by atoms with Gasteiger partial charge in [0.15, 0.2) is 13.6 Å². The molecule has 0 unspecified atom stereocenters. The predicted molar refractivity (Wildman–Crippen MR) is 171 cm³/mol. The van der Waals surface area contributed by atoms with E-state index in [0.29, 0.717) is 0 Å². The summed E-state index contributed by atoms with van der Waals surface area (Å²) >= 11 is 0. The molecule has 4 nitrogen and oxygen atoms in total. The zero-order chi connectivity index (χ0) is 28.4. The number of allylic oxidation sites excluding steroid dienone is 4. The van der Waals surface area contributed by atoms with Gasteiger partial charge >= 0.3 is 0 Å². The molecule has 0 aliphatic rings. The number of hydrogen-bond acceptors (Lipinski definition) is 4. The lowest BCUT2D eigenvalue weighted by atomic mass is 9.95. The molecule has 0 bridgehead atoms. The first-order chi connectivity index (χ1) is 19.7. The average molecular weight is 543 g/mol. The van der Waals surface area contributed by atoms with E-state index in [2.05, 4.69) is 61.7 Å². The maximum Gasteiger partial charge on any atom is 0.188 e. The van der Waals surface area contributed by atoms with E-state index in [9.17, 15) is 0 Å². The summed E-state index contributed by atoms with van der Waals surface area (Å²) in [5, 5.41) is 4.63. The zero-order valence-electron chi connectivity index (χ0n) is 24.5. The highest BCUT2D eigenvalue weighted by Crippen LogP contribution is 2.37. The second-order valence-electron chi connectivity index (χ2n) is 10.0. The largest absolute Gasteiger partial charge is 0.467 e. The first-order valence-corrected chi connectivity index (χ1v) is 14.5. The Balaban J connectivity index is 1.97. The van der Waals surface area contributed by atoms with Crippen molar-refractivity contribution in [2.45, 2.75) is 64.2 Å². The van der Waals surface area contributed by atoms with Gasteiger partial charge in [-0.05, 0) is 97.2 Å². The van der Waals surface area contributed by atoms with Gasteiger partial charge in [-0.2, -0.15) is 0 Å². The minimum absolute atomic E-state index is 0.213. The molecular formula is C36H46O4. The van der Waals surface area contributed by atoms with Gasteiger partial charge in [0.05, 0.1) is 0 Å². The van der Waals surface area contributed by atoms with Crippen LogP contribution in [0.15, 0.2) is 73.9 Å². The van der Waals surface area contributed by atoms with Crippen LogP contribution in [0.3, 0.4) is 0 Å². The molecule has 0 radical (unpaired) electrons. The molecular weight excluding hydrogens is 496 g/mol. The lowest BCUT2D eigenvalue weighted by Gasteiger charge is -2.15. The molecule has 3 rings (SSSR count). The van der Waals surface area contributed by atoms with Crippen LogP contribution in [0.25, 0.3) is 33.7 Å². The smallest absolute Gasteiger partial charge is 0.188 e. The van der Waals surface area contributed by atoms with Gasteiger partial charge in [-0.15, -0.1) is 13.2 Å². The number of methoxy groups -OCH3 is 2. The molecule has 40 heavy (non-hydrogen) atoms. The lowest BCUT2D eigenvalue weighted by Crippen LogP contribution is -2.01. The molecule has 0 heterocycles. The standard InChI is InChI=1S/C36H46O4/c1-5-7-9-11-13-15-17-19-31-33-25-30-22-24-36(40-28-38-4)32(20-18-16-14-12-10-8-6-2)34(30)26-29(33)21-23-35(31)39-27-37-3/h5-6,17-26H,1-2,7-16,27-28H2,3-4H3/b19-17+,20-18+. The molecule has 0 amide bonds. The highest BCUT2D eigenvalue weighted by molar-refractivity contribution is 6.06. The second-order valence-corrected chi connectivity index (χ2v) is 10.0. The molecule has 0 saturated carbocycles. The van der Waals surface area contributed by atoms with Crippen LogP contribution < -0.4 is 9.47 Å². The van der Waals surface area contributed by atoms with E-state index in [4.69, 9.17) is 18.9 Å². The van der Waals surface area contributed by atoms with E-state index in [1.165, 1.54) is 38.5 Å². The van der Waals surface area contributed by atoms with Crippen molar-refractivity contribution in [3.05, 3.63) is 85.0 Å². The fourth-order valence-electron chi connectivity index (χ4n) is 4.85. The van der Waals surface area contributed by atoms with Crippen LogP contribution in [0.2, 0.25) is 0 Å². The summed E-state index contributed by atoms with van der Waals surface area (Å²) in [5.41, 5.74) is 2.16. The van der Waals surface area contributed by atoms with Crippen molar-refractivity contribution in [3.8, 4) is 11.5 Å². The van der Waals surface area contributed by atoms with Crippen LogP contribution in [0, 0.1) is 0 Å². The van der Waals surface area contributed by atoms with Crippen molar-refractivity contribution in [2.24, 2.45) is 0 Å². The minimum Gasteiger partial charge on any atom is -0.467 e. The highest BCUT2D eigenvalue weighted by atomic mass is 16.7. The van der Waals surface area contributed by atoms with Gasteiger partial charge in [0.25, 0.3) is 0 Å². The third-order valence-corrected chi connectivity index (χ3v) is 6.95. The van der Waals surface area contributed by atoms with Gasteiger partial charge in [-0.1, -0.05) is 61.4 Å². The average Bonchev–Trinajstić information content (AvgIpc) is 2.97. The number of rotatable bonds is 20. The molecule has 0 saturated heterocycles. The Kier molecular flexibility index (Phi) is 14.1. The fraction of sp³-hybridized carbons (Fsp3) is 0.389. The summed E-state index contributed by atoms with van der Waals surface area (Å²) in [4.78, 5) is 0. The van der Waals surface area contributed by atoms with Crippen LogP contribution in [-0.4, -0.2) is 27.8 Å². The summed E-state index contributed by atoms with van der Waals surface area (Å²) < 4.78 is 22.4. The molecule has 0 fully saturated rings. The summed E-state index contributed by atoms with van der Waals surface area (Å²) in [6, 6.07) is 12.9. The molecule has 3 aromatic carbocycles. The van der Waals surface area contributed by atoms with E-state index in [-0.39, 0.29) is 13.6 Å². The van der Waals surface area contributed by atoms with Crippen LogP contribution in [0.5, 0.6) is 11.5 Å². The number of hydrogen-bond donors (Lipinski definition) is 0. The Morgan fingerprint density at radius 1 is 0.575 bits per heavy atom. The summed E-state index contributed by atoms with van der Waals surface area (Å²) in [7, 11) is 3.29. The molecule has 0 spiro atoms.